The second kappa shape index (κ2) is 17.4. The highest BCUT2D eigenvalue weighted by atomic mass is 19.1. The second-order valence-electron chi connectivity index (χ2n) is 9.50. The summed E-state index contributed by atoms with van der Waals surface area (Å²) in [6, 6.07) is 1.50. The number of nitrogens with zero attached hydrogens (tertiary/aromatic N) is 4. The molecule has 0 aliphatic carbocycles. The van der Waals surface area contributed by atoms with Gasteiger partial charge in [0.05, 0.1) is 23.9 Å². The van der Waals surface area contributed by atoms with Crippen LogP contribution in [-0.4, -0.2) is 74.9 Å². The third-order valence-electron chi connectivity index (χ3n) is 5.55. The molecule has 0 bridgehead atoms. The van der Waals surface area contributed by atoms with Gasteiger partial charge in [-0.15, -0.1) is 0 Å². The van der Waals surface area contributed by atoms with Crippen LogP contribution in [0.15, 0.2) is 38.8 Å². The number of anilines is 7. The van der Waals surface area contributed by atoms with E-state index in [1.807, 2.05) is 5.32 Å². The van der Waals surface area contributed by atoms with Crippen molar-refractivity contribution in [3.05, 3.63) is 72.5 Å². The lowest BCUT2D eigenvalue weighted by Crippen LogP contribution is -2.41. The number of aromatic nitrogens is 7. The van der Waals surface area contributed by atoms with Gasteiger partial charge in [-0.3, -0.25) is 43.7 Å². The Balaban J connectivity index is 0.000000386. The van der Waals surface area contributed by atoms with Gasteiger partial charge in [0.2, 0.25) is 23.8 Å². The highest BCUT2D eigenvalue weighted by molar-refractivity contribution is 5.96. The molecule has 0 saturated heterocycles. The van der Waals surface area contributed by atoms with Crippen LogP contribution in [-0.2, 0) is 20.8 Å². The van der Waals surface area contributed by atoms with Crippen LogP contribution in [0.4, 0.5) is 45.4 Å². The fraction of sp³-hybridized carbons (Fsp3) is 0.160. The molecule has 266 valence electrons. The van der Waals surface area contributed by atoms with Crippen molar-refractivity contribution in [3.8, 4) is 0 Å². The molecule has 0 radical (unpaired) electrons. The number of aromatic amines is 3. The van der Waals surface area contributed by atoms with Gasteiger partial charge in [-0.1, -0.05) is 0 Å². The first-order valence-electron chi connectivity index (χ1n) is 13.4. The molecule has 0 spiro atoms. The van der Waals surface area contributed by atoms with Crippen LogP contribution in [0.5, 0.6) is 0 Å². The van der Waals surface area contributed by atoms with Crippen LogP contribution in [0.2, 0.25) is 0 Å². The first kappa shape index (κ1) is 38.6. The largest absolute Gasteiger partial charge is 0.481 e. The number of nitrogens with one attached hydrogen (secondary N) is 5. The number of amides is 2. The monoisotopic (exact) mass is 703 g/mol. The Morgan fingerprint density at radius 3 is 1.80 bits per heavy atom. The summed E-state index contributed by atoms with van der Waals surface area (Å²) >= 11 is 0. The normalized spacial score (nSPS) is 10.7. The molecule has 50 heavy (non-hydrogen) atoms. The lowest BCUT2D eigenvalue weighted by atomic mass is 10.1. The lowest BCUT2D eigenvalue weighted by molar-refractivity contribution is -0.140. The minimum absolute atomic E-state index is 0.0417. The van der Waals surface area contributed by atoms with E-state index < -0.39 is 66.1 Å². The van der Waals surface area contributed by atoms with Crippen molar-refractivity contribution in [2.75, 3.05) is 39.7 Å². The van der Waals surface area contributed by atoms with Gasteiger partial charge in [0, 0.05) is 24.6 Å². The molecule has 19 N–H and O–H groups in total. The molecule has 4 aromatic heterocycles. The van der Waals surface area contributed by atoms with E-state index in [2.05, 4.69) is 40.2 Å². The molecule has 4 aromatic rings. The SMILES string of the molecule is Nc1cc(=O)[nH]c(N)n1.Nc1cc(=O)[nH]c(N)n1.Nc1nc(N)c(CC(=O)Nc2cnc(C(=O)N[C@@H](CCC(=O)O)C(=O)O)c(F)c2)c(=O)[nH]1. The average Bonchev–Trinajstić information content (AvgIpc) is 2.96. The Kier molecular flexibility index (Phi) is 13.4. The number of carbonyl (C=O) groups excluding carboxylic acids is 2. The van der Waals surface area contributed by atoms with Crippen LogP contribution in [0.25, 0.3) is 0 Å². The molecule has 0 saturated carbocycles. The topological polar surface area (TPSA) is 439 Å². The molecule has 1 atom stereocenters. The van der Waals surface area contributed by atoms with E-state index >= 15 is 0 Å². The summed E-state index contributed by atoms with van der Waals surface area (Å²) in [6.07, 6.45) is -0.538. The number of aliphatic carboxylic acids is 2. The number of nitrogen functional groups attached to an aromatic ring is 6. The van der Waals surface area contributed by atoms with Gasteiger partial charge in [-0.05, 0) is 6.42 Å². The highest BCUT2D eigenvalue weighted by Gasteiger charge is 2.24. The van der Waals surface area contributed by atoms with Gasteiger partial charge in [-0.25, -0.2) is 14.2 Å². The van der Waals surface area contributed by atoms with Crippen molar-refractivity contribution in [2.45, 2.75) is 25.3 Å². The number of rotatable bonds is 9. The molecule has 2 amide bonds. The quantitative estimate of drug-likeness (QED) is 0.0806. The third-order valence-corrected chi connectivity index (χ3v) is 5.55. The van der Waals surface area contributed by atoms with Crippen LogP contribution in [0.1, 0.15) is 28.9 Å². The number of hydrogen-bond donors (Lipinski definition) is 13. The van der Waals surface area contributed by atoms with E-state index in [4.69, 9.17) is 44.6 Å². The summed E-state index contributed by atoms with van der Waals surface area (Å²) in [6.45, 7) is 0. The minimum atomic E-state index is -1.57. The first-order chi connectivity index (χ1) is 23.3. The minimum Gasteiger partial charge on any atom is -0.481 e. The van der Waals surface area contributed by atoms with Gasteiger partial charge in [-0.2, -0.15) is 15.0 Å². The Bertz CT molecular complexity index is 1960. The number of hydrogen-bond acceptors (Lipinski definition) is 17. The van der Waals surface area contributed by atoms with E-state index in [1.54, 1.807) is 0 Å². The highest BCUT2D eigenvalue weighted by Crippen LogP contribution is 2.14. The van der Waals surface area contributed by atoms with E-state index in [1.165, 1.54) is 0 Å². The summed E-state index contributed by atoms with van der Waals surface area (Å²) < 4.78 is 14.3. The predicted octanol–water partition coefficient (Wildman–Crippen LogP) is -3.43. The smallest absolute Gasteiger partial charge is 0.326 e. The Labute approximate surface area is 276 Å². The molecule has 24 nitrogen and oxygen atoms in total. The summed E-state index contributed by atoms with van der Waals surface area (Å²) in [4.78, 5) is 99.6. The number of carboxylic acids is 2. The lowest BCUT2D eigenvalue weighted by Gasteiger charge is -2.14. The molecule has 4 heterocycles. The molecule has 25 heteroatoms. The van der Waals surface area contributed by atoms with E-state index in [-0.39, 0.29) is 57.7 Å². The maximum Gasteiger partial charge on any atom is 0.326 e. The molecule has 4 rings (SSSR count). The van der Waals surface area contributed by atoms with Crippen molar-refractivity contribution in [2.24, 2.45) is 0 Å². The second-order valence-corrected chi connectivity index (χ2v) is 9.50. The molecule has 0 aliphatic heterocycles. The van der Waals surface area contributed by atoms with E-state index in [9.17, 15) is 38.0 Å². The summed E-state index contributed by atoms with van der Waals surface area (Å²) in [5.41, 5.74) is 28.9. The first-order valence-corrected chi connectivity index (χ1v) is 13.4. The Hall–Kier alpha value is -7.60. The van der Waals surface area contributed by atoms with Crippen molar-refractivity contribution in [1.29, 1.82) is 0 Å². The average molecular weight is 704 g/mol. The van der Waals surface area contributed by atoms with Crippen LogP contribution < -0.4 is 61.7 Å². The number of halogens is 1. The zero-order valence-electron chi connectivity index (χ0n) is 25.4. The summed E-state index contributed by atoms with van der Waals surface area (Å²) in [5, 5.41) is 21.9. The predicted molar refractivity (Wildman–Crippen MR) is 173 cm³/mol. The molecular formula is C25H30FN15O9. The third kappa shape index (κ3) is 12.7. The van der Waals surface area contributed by atoms with Crippen LogP contribution >= 0.6 is 0 Å². The van der Waals surface area contributed by atoms with E-state index in [0.717, 1.165) is 24.4 Å². The van der Waals surface area contributed by atoms with Gasteiger partial charge in [0.1, 0.15) is 23.5 Å². The summed E-state index contributed by atoms with van der Waals surface area (Å²) in [5.74, 6) is -6.05. The van der Waals surface area contributed by atoms with Crippen LogP contribution in [0, 0.1) is 5.82 Å². The zero-order valence-corrected chi connectivity index (χ0v) is 25.4. The standard InChI is InChI=1S/C17H18FN7O7.2C4H6N4O/c18-8-3-6(22-10(26)4-7-13(19)24-17(20)25-14(7)29)5-21-12(8)15(30)23-9(16(31)32)1-2-11(27)28;2*5-2-1-3(9)8-4(6)7-2/h3,5,9H,1-2,4H2,(H,22,26)(H,23,30)(H,27,28)(H,31,32)(H5,19,20,24,25,29);2*1H,(H5,5,6,7,8,9)/t9-;;/m0../s1. The molecular weight excluding hydrogens is 673 g/mol. The zero-order chi connectivity index (χ0) is 37.7. The molecule has 0 fully saturated rings. The number of carbonyl (C=O) groups is 4. The number of carboxylic acid groups (broad SMARTS) is 2. The Morgan fingerprint density at radius 1 is 0.820 bits per heavy atom. The molecule has 0 aromatic carbocycles. The van der Waals surface area contributed by atoms with Crippen molar-refractivity contribution in [1.82, 2.24) is 40.2 Å². The van der Waals surface area contributed by atoms with E-state index in [0.29, 0.717) is 0 Å². The van der Waals surface area contributed by atoms with Gasteiger partial charge < -0.3 is 55.2 Å². The molecule has 0 aliphatic rings. The van der Waals surface area contributed by atoms with Crippen molar-refractivity contribution < 1.29 is 33.8 Å². The maximum absolute atomic E-state index is 14.3. The number of nitrogens with two attached hydrogens (primary N) is 6. The number of pyridine rings is 1. The maximum atomic E-state index is 14.3. The fourth-order valence-corrected chi connectivity index (χ4v) is 3.49. The van der Waals surface area contributed by atoms with Crippen LogP contribution in [0.3, 0.4) is 0 Å². The van der Waals surface area contributed by atoms with Gasteiger partial charge in [0.25, 0.3) is 22.6 Å². The van der Waals surface area contributed by atoms with Gasteiger partial charge in [0.15, 0.2) is 11.5 Å². The van der Waals surface area contributed by atoms with Gasteiger partial charge >= 0.3 is 11.9 Å². The summed E-state index contributed by atoms with van der Waals surface area (Å²) in [7, 11) is 0. The molecule has 0 unspecified atom stereocenters. The fourth-order valence-electron chi connectivity index (χ4n) is 3.49. The number of H-pyrrole nitrogens is 3. The van der Waals surface area contributed by atoms with Crippen molar-refractivity contribution in [3.63, 3.8) is 0 Å². The Morgan fingerprint density at radius 2 is 1.36 bits per heavy atom. The van der Waals surface area contributed by atoms with Crippen molar-refractivity contribution >= 4 is 64.7 Å².